The van der Waals surface area contributed by atoms with Gasteiger partial charge in [0.2, 0.25) is 0 Å². The van der Waals surface area contributed by atoms with Crippen LogP contribution in [0, 0.1) is 0 Å². The molecule has 2 rings (SSSR count). The second-order valence-corrected chi connectivity index (χ2v) is 8.84. The first-order valence-electron chi connectivity index (χ1n) is 9.14. The highest BCUT2D eigenvalue weighted by atomic mass is 32.2. The Hall–Kier alpha value is -2.34. The fraction of sp³-hybridized carbons (Fsp3) is 0.381. The summed E-state index contributed by atoms with van der Waals surface area (Å²) < 4.78 is 29.4. The third kappa shape index (κ3) is 6.10. The summed E-state index contributed by atoms with van der Waals surface area (Å²) in [6.07, 6.45) is 0. The minimum absolute atomic E-state index is 0.0217. The Labute approximate surface area is 161 Å². The summed E-state index contributed by atoms with van der Waals surface area (Å²) >= 11 is 0. The number of nitrogens with zero attached hydrogens (tertiary/aromatic N) is 1. The van der Waals surface area contributed by atoms with Crippen LogP contribution in [-0.2, 0) is 16.4 Å². The van der Waals surface area contributed by atoms with Gasteiger partial charge in [-0.25, -0.2) is 8.42 Å². The van der Waals surface area contributed by atoms with E-state index < -0.39 is 9.84 Å². The van der Waals surface area contributed by atoms with Gasteiger partial charge in [-0.2, -0.15) is 0 Å². The van der Waals surface area contributed by atoms with Crippen molar-refractivity contribution >= 4 is 15.7 Å². The van der Waals surface area contributed by atoms with Crippen LogP contribution in [0.3, 0.4) is 0 Å². The molecule has 27 heavy (non-hydrogen) atoms. The zero-order chi connectivity index (χ0) is 19.9. The summed E-state index contributed by atoms with van der Waals surface area (Å²) in [5.74, 6) is 0.693. The molecule has 0 N–H and O–H groups in total. The molecular weight excluding hydrogens is 362 g/mol. The van der Waals surface area contributed by atoms with Crippen LogP contribution in [0.4, 0.5) is 0 Å². The first kappa shape index (κ1) is 21.0. The molecule has 0 fully saturated rings. The average Bonchev–Trinajstić information content (AvgIpc) is 2.67. The summed E-state index contributed by atoms with van der Waals surface area (Å²) in [5, 5.41) is 0. The largest absolute Gasteiger partial charge is 0.489 e. The van der Waals surface area contributed by atoms with E-state index in [0.29, 0.717) is 18.7 Å². The molecule has 5 nitrogen and oxygen atoms in total. The number of carbonyl (C=O) groups excluding carboxylic acids is 1. The van der Waals surface area contributed by atoms with Crippen molar-refractivity contribution in [2.75, 3.05) is 18.1 Å². The number of benzene rings is 2. The molecule has 0 aliphatic rings. The number of sulfone groups is 1. The molecule has 0 bridgehead atoms. The Bertz CT molecular complexity index is 832. The van der Waals surface area contributed by atoms with Gasteiger partial charge < -0.3 is 9.64 Å². The fourth-order valence-corrected chi connectivity index (χ4v) is 3.97. The van der Waals surface area contributed by atoms with Crippen LogP contribution in [0.2, 0.25) is 0 Å². The van der Waals surface area contributed by atoms with E-state index in [-0.39, 0.29) is 23.5 Å². The lowest BCUT2D eigenvalue weighted by atomic mass is 10.1. The van der Waals surface area contributed by atoms with Crippen molar-refractivity contribution in [2.45, 2.75) is 33.4 Å². The van der Waals surface area contributed by atoms with Gasteiger partial charge in [-0.15, -0.1) is 0 Å². The Morgan fingerprint density at radius 1 is 1.04 bits per heavy atom. The molecule has 0 aliphatic carbocycles. The molecule has 6 heteroatoms. The minimum Gasteiger partial charge on any atom is -0.489 e. The van der Waals surface area contributed by atoms with E-state index >= 15 is 0 Å². The number of carbonyl (C=O) groups is 1. The van der Waals surface area contributed by atoms with Crippen LogP contribution in [-0.4, -0.2) is 43.3 Å². The third-order valence-corrected chi connectivity index (χ3v) is 6.29. The molecule has 2 aromatic rings. The normalized spacial score (nSPS) is 12.4. The first-order valence-corrected chi connectivity index (χ1v) is 11.0. The van der Waals surface area contributed by atoms with E-state index in [9.17, 15) is 13.2 Å². The second-order valence-electron chi connectivity index (χ2n) is 6.44. The van der Waals surface area contributed by atoms with E-state index in [2.05, 4.69) is 0 Å². The second kappa shape index (κ2) is 9.55. The highest BCUT2D eigenvalue weighted by Crippen LogP contribution is 2.15. The molecule has 1 unspecified atom stereocenters. The number of hydrogen-bond acceptors (Lipinski definition) is 4. The zero-order valence-electron chi connectivity index (χ0n) is 16.1. The summed E-state index contributed by atoms with van der Waals surface area (Å²) in [6, 6.07) is 16.4. The molecule has 0 aliphatic heterocycles. The maximum absolute atomic E-state index is 12.8. The van der Waals surface area contributed by atoms with Crippen molar-refractivity contribution in [3.8, 4) is 5.75 Å². The molecule has 1 amide bonds. The van der Waals surface area contributed by atoms with Gasteiger partial charge in [-0.3, -0.25) is 4.79 Å². The number of amides is 1. The van der Waals surface area contributed by atoms with Crippen molar-refractivity contribution in [1.82, 2.24) is 4.90 Å². The molecular formula is C21H27NO4S. The van der Waals surface area contributed by atoms with Gasteiger partial charge in [0.05, 0.1) is 5.75 Å². The first-order chi connectivity index (χ1) is 12.9. The van der Waals surface area contributed by atoms with Crippen molar-refractivity contribution in [1.29, 1.82) is 0 Å². The lowest BCUT2D eigenvalue weighted by Crippen LogP contribution is -2.42. The molecule has 0 heterocycles. The molecule has 2 aromatic carbocycles. The van der Waals surface area contributed by atoms with Crippen molar-refractivity contribution in [3.63, 3.8) is 0 Å². The van der Waals surface area contributed by atoms with E-state index in [0.717, 1.165) is 11.3 Å². The molecule has 0 aromatic heterocycles. The van der Waals surface area contributed by atoms with Crippen LogP contribution < -0.4 is 4.74 Å². The van der Waals surface area contributed by atoms with Crippen LogP contribution in [0.5, 0.6) is 5.75 Å². The van der Waals surface area contributed by atoms with Gasteiger partial charge in [-0.1, -0.05) is 37.3 Å². The maximum Gasteiger partial charge on any atom is 0.254 e. The molecule has 0 saturated carbocycles. The lowest BCUT2D eigenvalue weighted by Gasteiger charge is -2.28. The Kier molecular flexibility index (Phi) is 7.42. The smallest absolute Gasteiger partial charge is 0.254 e. The number of ether oxygens (including phenoxy) is 1. The zero-order valence-corrected chi connectivity index (χ0v) is 16.9. The number of hydrogen-bond donors (Lipinski definition) is 0. The summed E-state index contributed by atoms with van der Waals surface area (Å²) in [5.41, 5.74) is 1.50. The van der Waals surface area contributed by atoms with Gasteiger partial charge >= 0.3 is 0 Å². The van der Waals surface area contributed by atoms with Crippen molar-refractivity contribution in [3.05, 3.63) is 65.7 Å². The minimum atomic E-state index is -3.14. The molecule has 1 atom stereocenters. The van der Waals surface area contributed by atoms with E-state index in [1.807, 2.05) is 49.4 Å². The van der Waals surface area contributed by atoms with Gasteiger partial charge in [0.25, 0.3) is 5.91 Å². The van der Waals surface area contributed by atoms with Crippen molar-refractivity contribution in [2.24, 2.45) is 0 Å². The third-order valence-electron chi connectivity index (χ3n) is 4.42. The predicted octanol–water partition coefficient (Wildman–Crippen LogP) is 3.55. The van der Waals surface area contributed by atoms with Crippen LogP contribution in [0.1, 0.15) is 36.7 Å². The average molecular weight is 390 g/mol. The van der Waals surface area contributed by atoms with Gasteiger partial charge in [0, 0.05) is 23.9 Å². The highest BCUT2D eigenvalue weighted by Gasteiger charge is 2.24. The Morgan fingerprint density at radius 3 is 2.22 bits per heavy atom. The highest BCUT2D eigenvalue weighted by molar-refractivity contribution is 7.91. The molecule has 146 valence electrons. The van der Waals surface area contributed by atoms with Crippen LogP contribution >= 0.6 is 0 Å². The summed E-state index contributed by atoms with van der Waals surface area (Å²) in [6.45, 7) is 6.13. The quantitative estimate of drug-likeness (QED) is 0.658. The Morgan fingerprint density at radius 2 is 1.67 bits per heavy atom. The van der Waals surface area contributed by atoms with Crippen LogP contribution in [0.25, 0.3) is 0 Å². The van der Waals surface area contributed by atoms with Gasteiger partial charge in [0.1, 0.15) is 12.4 Å². The van der Waals surface area contributed by atoms with E-state index in [4.69, 9.17) is 4.74 Å². The molecule has 0 saturated heterocycles. The SMILES string of the molecule is CCN(C(=O)c1ccc(COc2ccccc2)cc1)C(C)CS(=O)(=O)CC. The fourth-order valence-electron chi connectivity index (χ4n) is 2.82. The number of rotatable bonds is 9. The van der Waals surface area contributed by atoms with Crippen molar-refractivity contribution < 1.29 is 17.9 Å². The predicted molar refractivity (Wildman–Crippen MR) is 108 cm³/mol. The van der Waals surface area contributed by atoms with Gasteiger partial charge in [0.15, 0.2) is 9.84 Å². The summed E-state index contributed by atoms with van der Waals surface area (Å²) in [4.78, 5) is 14.4. The maximum atomic E-state index is 12.8. The van der Waals surface area contributed by atoms with Gasteiger partial charge in [-0.05, 0) is 43.7 Å². The monoisotopic (exact) mass is 389 g/mol. The van der Waals surface area contributed by atoms with E-state index in [1.54, 1.807) is 30.9 Å². The lowest BCUT2D eigenvalue weighted by molar-refractivity contribution is 0.0719. The molecule has 0 spiro atoms. The number of para-hydroxylation sites is 1. The Balaban J connectivity index is 2.02. The van der Waals surface area contributed by atoms with Crippen LogP contribution in [0.15, 0.2) is 54.6 Å². The summed E-state index contributed by atoms with van der Waals surface area (Å²) in [7, 11) is -3.14. The van der Waals surface area contributed by atoms with E-state index in [1.165, 1.54) is 0 Å². The topological polar surface area (TPSA) is 63.7 Å². The molecule has 0 radical (unpaired) electrons. The standard InChI is InChI=1S/C21H27NO4S/c1-4-22(17(3)16-27(24,25)5-2)21(23)19-13-11-18(12-14-19)15-26-20-9-7-6-8-10-20/h6-14,17H,4-5,15-16H2,1-3H3.